The van der Waals surface area contributed by atoms with Gasteiger partial charge in [-0.15, -0.1) is 0 Å². The molecular weight excluding hydrogens is 304 g/mol. The van der Waals surface area contributed by atoms with Crippen LogP contribution in [-0.4, -0.2) is 25.2 Å². The van der Waals surface area contributed by atoms with Crippen LogP contribution in [0.15, 0.2) is 18.2 Å². The van der Waals surface area contributed by atoms with E-state index in [4.69, 9.17) is 9.47 Å². The summed E-state index contributed by atoms with van der Waals surface area (Å²) in [7, 11) is 1.53. The molecule has 1 aromatic rings. The molecule has 1 rings (SSSR count). The van der Waals surface area contributed by atoms with Crippen LogP contribution in [0.4, 0.5) is 5.69 Å². The first-order chi connectivity index (χ1) is 11.4. The molecule has 24 heavy (non-hydrogen) atoms. The summed E-state index contributed by atoms with van der Waals surface area (Å²) in [6, 6.07) is 7.21. The van der Waals surface area contributed by atoms with Crippen molar-refractivity contribution >= 4 is 11.6 Å². The average Bonchev–Trinajstić information content (AvgIpc) is 2.58. The Kier molecular flexibility index (Phi) is 7.73. The SMILES string of the molecule is CCCCC(C)(OC)C(=O)Nc1ccc(OCC(C)C)cc1C#N. The molecule has 5 nitrogen and oxygen atoms in total. The third kappa shape index (κ3) is 5.54. The van der Waals surface area contributed by atoms with E-state index in [9.17, 15) is 10.1 Å². The fraction of sp³-hybridized carbons (Fsp3) is 0.579. The van der Waals surface area contributed by atoms with E-state index < -0.39 is 5.60 Å². The predicted octanol–water partition coefficient (Wildman–Crippen LogP) is 4.13. The lowest BCUT2D eigenvalue weighted by molar-refractivity contribution is -0.136. The molecule has 132 valence electrons. The van der Waals surface area contributed by atoms with E-state index >= 15 is 0 Å². The quantitative estimate of drug-likeness (QED) is 0.738. The number of anilines is 1. The minimum atomic E-state index is -0.907. The zero-order valence-electron chi connectivity index (χ0n) is 15.3. The Bertz CT molecular complexity index is 593. The predicted molar refractivity (Wildman–Crippen MR) is 95.1 cm³/mol. The maximum atomic E-state index is 12.6. The highest BCUT2D eigenvalue weighted by atomic mass is 16.5. The van der Waals surface area contributed by atoms with Crippen LogP contribution in [0.1, 0.15) is 52.5 Å². The van der Waals surface area contributed by atoms with Gasteiger partial charge in [0.1, 0.15) is 17.4 Å². The van der Waals surface area contributed by atoms with Crippen LogP contribution in [0, 0.1) is 17.2 Å². The summed E-state index contributed by atoms with van der Waals surface area (Å²) in [5.74, 6) is 0.778. The molecule has 1 N–H and O–H groups in total. The molecule has 0 saturated heterocycles. The van der Waals surface area contributed by atoms with Gasteiger partial charge in [-0.3, -0.25) is 4.79 Å². The van der Waals surface area contributed by atoms with Crippen molar-refractivity contribution in [3.8, 4) is 11.8 Å². The smallest absolute Gasteiger partial charge is 0.256 e. The van der Waals surface area contributed by atoms with Crippen molar-refractivity contribution in [1.82, 2.24) is 0 Å². The second kappa shape index (κ2) is 9.29. The van der Waals surface area contributed by atoms with Gasteiger partial charge in [0.2, 0.25) is 0 Å². The van der Waals surface area contributed by atoms with Gasteiger partial charge >= 0.3 is 0 Å². The molecule has 0 aromatic heterocycles. The summed E-state index contributed by atoms with van der Waals surface area (Å²) in [5.41, 5.74) is -0.0621. The maximum Gasteiger partial charge on any atom is 0.256 e. The Labute approximate surface area is 145 Å². The number of hydrogen-bond acceptors (Lipinski definition) is 4. The summed E-state index contributed by atoms with van der Waals surface area (Å²) in [6.45, 7) is 8.53. The number of rotatable bonds is 9. The number of ether oxygens (including phenoxy) is 2. The van der Waals surface area contributed by atoms with Crippen molar-refractivity contribution in [2.24, 2.45) is 5.92 Å². The molecule has 0 spiro atoms. The summed E-state index contributed by atoms with van der Waals surface area (Å²) in [5, 5.41) is 12.2. The molecule has 5 heteroatoms. The molecule has 0 bridgehead atoms. The number of nitrogens with one attached hydrogen (secondary N) is 1. The van der Waals surface area contributed by atoms with Crippen LogP contribution in [-0.2, 0) is 9.53 Å². The topological polar surface area (TPSA) is 71.3 Å². The largest absolute Gasteiger partial charge is 0.493 e. The number of hydrogen-bond donors (Lipinski definition) is 1. The first-order valence-electron chi connectivity index (χ1n) is 8.39. The lowest BCUT2D eigenvalue weighted by atomic mass is 9.97. The van der Waals surface area contributed by atoms with Crippen molar-refractivity contribution in [3.63, 3.8) is 0 Å². The molecule has 1 amide bonds. The lowest BCUT2D eigenvalue weighted by Gasteiger charge is -2.27. The van der Waals surface area contributed by atoms with Crippen LogP contribution in [0.25, 0.3) is 0 Å². The number of nitriles is 1. The molecule has 0 aliphatic rings. The van der Waals surface area contributed by atoms with Crippen LogP contribution in [0.2, 0.25) is 0 Å². The molecule has 0 heterocycles. The first kappa shape index (κ1) is 20.0. The molecule has 1 unspecified atom stereocenters. The molecule has 0 saturated carbocycles. The monoisotopic (exact) mass is 332 g/mol. The van der Waals surface area contributed by atoms with Crippen LogP contribution in [0.5, 0.6) is 5.75 Å². The second-order valence-corrected chi connectivity index (χ2v) is 6.52. The summed E-state index contributed by atoms with van der Waals surface area (Å²) < 4.78 is 11.0. The van der Waals surface area contributed by atoms with Crippen molar-refractivity contribution in [2.45, 2.75) is 52.6 Å². The van der Waals surface area contributed by atoms with Gasteiger partial charge < -0.3 is 14.8 Å². The highest BCUT2D eigenvalue weighted by molar-refractivity contribution is 5.98. The standard InChI is InChI=1S/C19H28N2O3/c1-6-7-10-19(4,23-5)18(22)21-17-9-8-16(11-15(17)12-20)24-13-14(2)3/h8-9,11,14H,6-7,10,13H2,1-5H3,(H,21,22). The number of amides is 1. The Morgan fingerprint density at radius 3 is 2.67 bits per heavy atom. The molecule has 0 aliphatic heterocycles. The second-order valence-electron chi connectivity index (χ2n) is 6.52. The molecule has 0 radical (unpaired) electrons. The van der Waals surface area contributed by atoms with Gasteiger partial charge in [0.15, 0.2) is 0 Å². The molecular formula is C19H28N2O3. The highest BCUT2D eigenvalue weighted by Crippen LogP contribution is 2.25. The van der Waals surface area contributed by atoms with Crippen molar-refractivity contribution in [2.75, 3.05) is 19.0 Å². The Balaban J connectivity index is 2.90. The zero-order chi connectivity index (χ0) is 18.2. The lowest BCUT2D eigenvalue weighted by Crippen LogP contribution is -2.42. The number of carbonyl (C=O) groups excluding carboxylic acids is 1. The fourth-order valence-corrected chi connectivity index (χ4v) is 2.15. The number of unbranched alkanes of at least 4 members (excludes halogenated alkanes) is 1. The van der Waals surface area contributed by atoms with Gasteiger partial charge in [0, 0.05) is 7.11 Å². The van der Waals surface area contributed by atoms with Gasteiger partial charge in [-0.2, -0.15) is 5.26 Å². The minimum absolute atomic E-state index is 0.245. The Hall–Kier alpha value is -2.06. The zero-order valence-corrected chi connectivity index (χ0v) is 15.3. The van der Waals surface area contributed by atoms with E-state index in [1.807, 2.05) is 0 Å². The normalized spacial score (nSPS) is 13.2. The fourth-order valence-electron chi connectivity index (χ4n) is 2.15. The van der Waals surface area contributed by atoms with Crippen molar-refractivity contribution in [1.29, 1.82) is 5.26 Å². The molecule has 0 fully saturated rings. The number of benzene rings is 1. The van der Waals surface area contributed by atoms with E-state index in [-0.39, 0.29) is 5.91 Å². The average molecular weight is 332 g/mol. The summed E-state index contributed by atoms with van der Waals surface area (Å²) in [4.78, 5) is 12.6. The summed E-state index contributed by atoms with van der Waals surface area (Å²) in [6.07, 6.45) is 2.51. The van der Waals surface area contributed by atoms with Crippen LogP contribution in [0.3, 0.4) is 0 Å². The van der Waals surface area contributed by atoms with Gasteiger partial charge in [0.25, 0.3) is 5.91 Å². The van der Waals surface area contributed by atoms with Crippen molar-refractivity contribution in [3.05, 3.63) is 23.8 Å². The Morgan fingerprint density at radius 1 is 1.42 bits per heavy atom. The van der Waals surface area contributed by atoms with E-state index in [1.54, 1.807) is 25.1 Å². The van der Waals surface area contributed by atoms with Crippen LogP contribution >= 0.6 is 0 Å². The minimum Gasteiger partial charge on any atom is -0.493 e. The highest BCUT2D eigenvalue weighted by Gasteiger charge is 2.32. The Morgan fingerprint density at radius 2 is 2.12 bits per heavy atom. The third-order valence-electron chi connectivity index (χ3n) is 3.88. The number of methoxy groups -OCH3 is 1. The maximum absolute atomic E-state index is 12.6. The molecule has 1 aromatic carbocycles. The molecule has 0 aliphatic carbocycles. The van der Waals surface area contributed by atoms with Gasteiger partial charge in [-0.25, -0.2) is 0 Å². The van der Waals surface area contributed by atoms with Crippen LogP contribution < -0.4 is 10.1 Å². The van der Waals surface area contributed by atoms with E-state index in [1.165, 1.54) is 7.11 Å². The summed E-state index contributed by atoms with van der Waals surface area (Å²) >= 11 is 0. The van der Waals surface area contributed by atoms with E-state index in [0.29, 0.717) is 35.9 Å². The number of nitrogens with zero attached hydrogens (tertiary/aromatic N) is 1. The van der Waals surface area contributed by atoms with Crippen molar-refractivity contribution < 1.29 is 14.3 Å². The van der Waals surface area contributed by atoms with E-state index in [2.05, 4.69) is 32.2 Å². The first-order valence-corrected chi connectivity index (χ1v) is 8.39. The van der Waals surface area contributed by atoms with Gasteiger partial charge in [-0.05, 0) is 37.5 Å². The third-order valence-corrected chi connectivity index (χ3v) is 3.88. The van der Waals surface area contributed by atoms with Gasteiger partial charge in [0.05, 0.1) is 17.9 Å². The van der Waals surface area contributed by atoms with E-state index in [0.717, 1.165) is 12.8 Å². The number of carbonyl (C=O) groups is 1. The van der Waals surface area contributed by atoms with Gasteiger partial charge in [-0.1, -0.05) is 33.6 Å². The molecule has 1 atom stereocenters.